The minimum Gasteiger partial charge on any atom is -0.388 e. The van der Waals surface area contributed by atoms with Crippen LogP contribution in [0.2, 0.25) is 0 Å². The Kier molecular flexibility index (Phi) is 6.45. The lowest BCUT2D eigenvalue weighted by Gasteiger charge is -2.28. The van der Waals surface area contributed by atoms with Crippen LogP contribution in [0.15, 0.2) is 6.33 Å². The van der Waals surface area contributed by atoms with Crippen LogP contribution in [-0.2, 0) is 11.2 Å². The summed E-state index contributed by atoms with van der Waals surface area (Å²) in [5.74, 6) is 0.292. The summed E-state index contributed by atoms with van der Waals surface area (Å²) in [4.78, 5) is 12.7. The topological polar surface area (TPSA) is 146 Å². The van der Waals surface area contributed by atoms with E-state index in [2.05, 4.69) is 32.1 Å². The molecule has 152 valence electrons. The fourth-order valence-corrected chi connectivity index (χ4v) is 3.93. The minimum absolute atomic E-state index is 0.185. The first-order chi connectivity index (χ1) is 12.9. The molecule has 1 aromatic rings. The van der Waals surface area contributed by atoms with Gasteiger partial charge in [-0.1, -0.05) is 0 Å². The number of hydrogen-bond donors (Lipinski definition) is 5. The number of ether oxygens (including phenoxy) is 1. The van der Waals surface area contributed by atoms with Crippen LogP contribution >= 0.6 is 0 Å². The lowest BCUT2D eigenvalue weighted by molar-refractivity contribution is -0.0123. The Bertz CT molecular complexity index is 635. The Morgan fingerprint density at radius 3 is 2.74 bits per heavy atom. The Hall–Kier alpha value is -1.56. The Morgan fingerprint density at radius 1 is 1.33 bits per heavy atom. The van der Waals surface area contributed by atoms with Gasteiger partial charge in [-0.05, 0) is 27.1 Å². The molecule has 10 heteroatoms. The van der Waals surface area contributed by atoms with Gasteiger partial charge in [-0.3, -0.25) is 4.90 Å². The SMILES string of the molecule is CN1CCC(N(C)C[C@H]2O[C@@H](Cc3ncnc(N)c3NCN)[C@H](O)[C@@H]2O)C1. The Morgan fingerprint density at radius 2 is 2.07 bits per heavy atom. The molecule has 3 rings (SSSR count). The first-order valence-corrected chi connectivity index (χ1v) is 9.34. The van der Waals surface area contributed by atoms with E-state index in [1.54, 1.807) is 0 Å². The van der Waals surface area contributed by atoms with E-state index in [9.17, 15) is 10.2 Å². The summed E-state index contributed by atoms with van der Waals surface area (Å²) >= 11 is 0. The minimum atomic E-state index is -0.989. The van der Waals surface area contributed by atoms with Crippen molar-refractivity contribution >= 4 is 11.5 Å². The quantitative estimate of drug-likeness (QED) is 0.338. The monoisotopic (exact) mass is 381 g/mol. The molecule has 0 radical (unpaired) electrons. The smallest absolute Gasteiger partial charge is 0.150 e. The van der Waals surface area contributed by atoms with E-state index in [0.29, 0.717) is 36.2 Å². The van der Waals surface area contributed by atoms with Crippen molar-refractivity contribution in [1.29, 1.82) is 0 Å². The van der Waals surface area contributed by atoms with Crippen molar-refractivity contribution in [3.63, 3.8) is 0 Å². The normalized spacial score (nSPS) is 31.7. The van der Waals surface area contributed by atoms with Gasteiger partial charge in [-0.15, -0.1) is 0 Å². The second-order valence-electron chi connectivity index (χ2n) is 7.50. The number of aliphatic hydroxyl groups excluding tert-OH is 2. The summed E-state index contributed by atoms with van der Waals surface area (Å²) in [6.07, 6.45) is -0.191. The van der Waals surface area contributed by atoms with Crippen LogP contribution in [0.5, 0.6) is 0 Å². The molecule has 10 nitrogen and oxygen atoms in total. The summed E-state index contributed by atoms with van der Waals surface area (Å²) < 4.78 is 6.00. The number of aromatic nitrogens is 2. The summed E-state index contributed by atoms with van der Waals surface area (Å²) in [5.41, 5.74) is 12.6. The van der Waals surface area contributed by atoms with E-state index in [4.69, 9.17) is 16.2 Å². The molecule has 27 heavy (non-hydrogen) atoms. The average Bonchev–Trinajstić information content (AvgIpc) is 3.18. The standard InChI is InChI=1S/C17H31N7O3/c1-23-4-3-10(6-23)24(2)7-13-16(26)15(25)12(27-13)5-11-14(20-8-18)17(19)22-9-21-11/h9-10,12-13,15-16,20,25-26H,3-8,18H2,1-2H3,(H2,19,21,22)/t10?,12-,13+,15-,16+/m0/s1. The third kappa shape index (κ3) is 4.48. The molecule has 2 fully saturated rings. The van der Waals surface area contributed by atoms with E-state index >= 15 is 0 Å². The summed E-state index contributed by atoms with van der Waals surface area (Å²) in [6.45, 7) is 2.82. The first-order valence-electron chi connectivity index (χ1n) is 9.34. The Labute approximate surface area is 159 Å². The van der Waals surface area contributed by atoms with E-state index in [-0.39, 0.29) is 6.67 Å². The zero-order valence-electron chi connectivity index (χ0n) is 16.0. The number of likely N-dealkylation sites (tertiary alicyclic amines) is 1. The zero-order valence-corrected chi connectivity index (χ0v) is 16.0. The second kappa shape index (κ2) is 8.63. The maximum absolute atomic E-state index is 10.5. The molecule has 0 aliphatic carbocycles. The van der Waals surface area contributed by atoms with Crippen molar-refractivity contribution in [3.8, 4) is 0 Å². The molecule has 1 unspecified atom stereocenters. The van der Waals surface area contributed by atoms with Gasteiger partial charge in [-0.2, -0.15) is 0 Å². The van der Waals surface area contributed by atoms with Gasteiger partial charge in [0, 0.05) is 25.6 Å². The van der Waals surface area contributed by atoms with Crippen molar-refractivity contribution in [1.82, 2.24) is 19.8 Å². The Balaban J connectivity index is 1.64. The van der Waals surface area contributed by atoms with Crippen molar-refractivity contribution in [3.05, 3.63) is 12.0 Å². The highest BCUT2D eigenvalue weighted by molar-refractivity contribution is 5.64. The fraction of sp³-hybridized carbons (Fsp3) is 0.765. The zero-order chi connectivity index (χ0) is 19.6. The van der Waals surface area contributed by atoms with Crippen LogP contribution in [0, 0.1) is 0 Å². The molecule has 7 N–H and O–H groups in total. The van der Waals surface area contributed by atoms with Crippen LogP contribution in [-0.4, -0.2) is 101 Å². The van der Waals surface area contributed by atoms with Gasteiger partial charge < -0.3 is 36.6 Å². The number of hydrogen-bond acceptors (Lipinski definition) is 10. The van der Waals surface area contributed by atoms with Crippen LogP contribution in [0.25, 0.3) is 0 Å². The predicted molar refractivity (Wildman–Crippen MR) is 102 cm³/mol. The van der Waals surface area contributed by atoms with Crippen molar-refractivity contribution < 1.29 is 14.9 Å². The maximum Gasteiger partial charge on any atom is 0.150 e. The highest BCUT2D eigenvalue weighted by atomic mass is 16.5. The number of nitrogens with one attached hydrogen (secondary N) is 1. The molecule has 5 atom stereocenters. The van der Waals surface area contributed by atoms with Gasteiger partial charge in [0.15, 0.2) is 5.82 Å². The molecule has 3 heterocycles. The molecule has 2 aliphatic rings. The molecular formula is C17H31N7O3. The number of nitrogens with zero attached hydrogens (tertiary/aromatic N) is 4. The fourth-order valence-electron chi connectivity index (χ4n) is 3.93. The lowest BCUT2D eigenvalue weighted by atomic mass is 10.0. The van der Waals surface area contributed by atoms with Gasteiger partial charge in [0.05, 0.1) is 30.3 Å². The van der Waals surface area contributed by atoms with Crippen LogP contribution in [0.1, 0.15) is 12.1 Å². The highest BCUT2D eigenvalue weighted by Crippen LogP contribution is 2.28. The van der Waals surface area contributed by atoms with Gasteiger partial charge >= 0.3 is 0 Å². The molecular weight excluding hydrogens is 350 g/mol. The summed E-state index contributed by atoms with van der Waals surface area (Å²) in [6, 6.07) is 0.434. The molecule has 0 saturated carbocycles. The van der Waals surface area contributed by atoms with Crippen LogP contribution in [0.4, 0.5) is 11.5 Å². The number of nitrogens with two attached hydrogens (primary N) is 2. The lowest BCUT2D eigenvalue weighted by Crippen LogP contribution is -2.43. The van der Waals surface area contributed by atoms with E-state index in [1.165, 1.54) is 6.33 Å². The van der Waals surface area contributed by atoms with Crippen LogP contribution in [0.3, 0.4) is 0 Å². The van der Waals surface area contributed by atoms with Gasteiger partial charge in [0.2, 0.25) is 0 Å². The molecule has 0 bridgehead atoms. The van der Waals surface area contributed by atoms with Crippen molar-refractivity contribution in [2.75, 3.05) is 51.4 Å². The van der Waals surface area contributed by atoms with Crippen molar-refractivity contribution in [2.24, 2.45) is 5.73 Å². The molecule has 1 aromatic heterocycles. The molecule has 0 spiro atoms. The number of anilines is 2. The molecule has 2 aliphatic heterocycles. The summed E-state index contributed by atoms with van der Waals surface area (Å²) in [5, 5.41) is 23.9. The molecule has 0 aromatic carbocycles. The summed E-state index contributed by atoms with van der Waals surface area (Å²) in [7, 11) is 4.14. The maximum atomic E-state index is 10.5. The average molecular weight is 381 g/mol. The number of rotatable bonds is 7. The second-order valence-corrected chi connectivity index (χ2v) is 7.50. The van der Waals surface area contributed by atoms with E-state index in [0.717, 1.165) is 19.5 Å². The molecule has 0 amide bonds. The largest absolute Gasteiger partial charge is 0.388 e. The highest BCUT2D eigenvalue weighted by Gasteiger charge is 2.44. The predicted octanol–water partition coefficient (Wildman–Crippen LogP) is -1.95. The number of likely N-dealkylation sites (N-methyl/N-ethyl adjacent to an activating group) is 2. The number of aliphatic hydroxyl groups is 2. The molecule has 2 saturated heterocycles. The van der Waals surface area contributed by atoms with Crippen LogP contribution < -0.4 is 16.8 Å². The third-order valence-corrected chi connectivity index (χ3v) is 5.55. The number of nitrogen functional groups attached to an aromatic ring is 1. The van der Waals surface area contributed by atoms with Crippen molar-refractivity contribution in [2.45, 2.75) is 43.3 Å². The van der Waals surface area contributed by atoms with E-state index < -0.39 is 24.4 Å². The van der Waals surface area contributed by atoms with E-state index in [1.807, 2.05) is 7.05 Å². The third-order valence-electron chi connectivity index (χ3n) is 5.55. The van der Waals surface area contributed by atoms with Gasteiger partial charge in [0.25, 0.3) is 0 Å². The van der Waals surface area contributed by atoms with Gasteiger partial charge in [-0.25, -0.2) is 9.97 Å². The van der Waals surface area contributed by atoms with Gasteiger partial charge in [0.1, 0.15) is 18.5 Å². The first kappa shape index (κ1) is 20.2.